The van der Waals surface area contributed by atoms with E-state index in [9.17, 15) is 10.1 Å². The Bertz CT molecular complexity index is 358. The number of methoxy groups -OCH3 is 1. The van der Waals surface area contributed by atoms with Gasteiger partial charge in [0.25, 0.3) is 0 Å². The molecule has 1 rings (SSSR count). The molecule has 0 N–H and O–H groups in total. The number of hydrogen-bond acceptors (Lipinski definition) is 4. The molecule has 0 amide bonds. The Kier molecular flexibility index (Phi) is 3.05. The van der Waals surface area contributed by atoms with Crippen LogP contribution in [0.2, 0.25) is 5.02 Å². The van der Waals surface area contributed by atoms with E-state index in [-0.39, 0.29) is 21.2 Å². The summed E-state index contributed by atoms with van der Waals surface area (Å²) >= 11 is 8.56. The largest absolute Gasteiger partial charge is 0.480 e. The second kappa shape index (κ2) is 3.89. The van der Waals surface area contributed by atoms with Crippen molar-refractivity contribution in [1.82, 2.24) is 4.98 Å². The van der Waals surface area contributed by atoms with E-state index in [1.54, 1.807) is 0 Å². The molecule has 5 nitrogen and oxygen atoms in total. The molecular formula is C6H4BrClN2O3. The molecular weight excluding hydrogens is 263 g/mol. The van der Waals surface area contributed by atoms with Gasteiger partial charge in [-0.05, 0) is 15.9 Å². The molecule has 0 unspecified atom stereocenters. The minimum absolute atomic E-state index is 0.0961. The third-order valence-electron chi connectivity index (χ3n) is 1.27. The molecule has 0 bridgehead atoms. The van der Waals surface area contributed by atoms with Crippen LogP contribution < -0.4 is 4.74 Å². The highest BCUT2D eigenvalue weighted by atomic mass is 79.9. The lowest BCUT2D eigenvalue weighted by Gasteiger charge is -2.01. The Morgan fingerprint density at radius 1 is 1.77 bits per heavy atom. The molecule has 0 aliphatic carbocycles. The molecule has 1 aromatic rings. The van der Waals surface area contributed by atoms with Crippen molar-refractivity contribution in [3.05, 3.63) is 25.8 Å². The molecule has 0 aliphatic rings. The molecule has 0 saturated heterocycles. The fourth-order valence-corrected chi connectivity index (χ4v) is 1.36. The summed E-state index contributed by atoms with van der Waals surface area (Å²) in [6, 6.07) is 1.18. The predicted molar refractivity (Wildman–Crippen MR) is 50.2 cm³/mol. The van der Waals surface area contributed by atoms with Gasteiger partial charge in [0, 0.05) is 6.07 Å². The molecule has 0 saturated carbocycles. The average molecular weight is 267 g/mol. The van der Waals surface area contributed by atoms with Gasteiger partial charge < -0.3 is 4.74 Å². The van der Waals surface area contributed by atoms with Gasteiger partial charge in [-0.25, -0.2) is 0 Å². The topological polar surface area (TPSA) is 65.3 Å². The van der Waals surface area contributed by atoms with Crippen molar-refractivity contribution in [2.24, 2.45) is 0 Å². The lowest BCUT2D eigenvalue weighted by molar-refractivity contribution is -0.386. The van der Waals surface area contributed by atoms with Crippen molar-refractivity contribution < 1.29 is 9.66 Å². The summed E-state index contributed by atoms with van der Waals surface area (Å²) in [5.41, 5.74) is -0.189. The quantitative estimate of drug-likeness (QED) is 0.469. The van der Waals surface area contributed by atoms with Crippen LogP contribution in [0.15, 0.2) is 10.7 Å². The minimum atomic E-state index is -0.581. The van der Waals surface area contributed by atoms with E-state index in [0.717, 1.165) is 0 Å². The number of pyridine rings is 1. The van der Waals surface area contributed by atoms with Crippen LogP contribution in [0, 0.1) is 10.1 Å². The smallest absolute Gasteiger partial charge is 0.303 e. The Labute approximate surface area is 87.0 Å². The van der Waals surface area contributed by atoms with E-state index in [1.807, 2.05) is 0 Å². The Morgan fingerprint density at radius 3 is 2.85 bits per heavy atom. The van der Waals surface area contributed by atoms with Gasteiger partial charge in [0.05, 0.1) is 12.0 Å². The van der Waals surface area contributed by atoms with Crippen molar-refractivity contribution in [2.45, 2.75) is 0 Å². The SMILES string of the molecule is COc1nc(Br)c([N+](=O)[O-])cc1Cl. The number of aromatic nitrogens is 1. The fourth-order valence-electron chi connectivity index (χ4n) is 0.712. The van der Waals surface area contributed by atoms with E-state index >= 15 is 0 Å². The van der Waals surface area contributed by atoms with Gasteiger partial charge in [0.1, 0.15) is 5.02 Å². The van der Waals surface area contributed by atoms with Gasteiger partial charge >= 0.3 is 5.69 Å². The van der Waals surface area contributed by atoms with Gasteiger partial charge in [0.15, 0.2) is 4.60 Å². The van der Waals surface area contributed by atoms with Gasteiger partial charge in [-0.3, -0.25) is 10.1 Å². The Hall–Kier alpha value is -0.880. The first kappa shape index (κ1) is 10.2. The molecule has 0 aliphatic heterocycles. The maximum absolute atomic E-state index is 10.4. The van der Waals surface area contributed by atoms with Crippen molar-refractivity contribution in [3.8, 4) is 5.88 Å². The zero-order valence-corrected chi connectivity index (χ0v) is 8.79. The van der Waals surface area contributed by atoms with Crippen molar-refractivity contribution in [1.29, 1.82) is 0 Å². The molecule has 0 aromatic carbocycles. The molecule has 0 fully saturated rings. The van der Waals surface area contributed by atoms with E-state index < -0.39 is 4.92 Å². The summed E-state index contributed by atoms with van der Waals surface area (Å²) in [5.74, 6) is 0.152. The summed E-state index contributed by atoms with van der Waals surface area (Å²) < 4.78 is 4.86. The highest BCUT2D eigenvalue weighted by molar-refractivity contribution is 9.10. The third kappa shape index (κ3) is 2.07. The first-order valence-corrected chi connectivity index (χ1v) is 4.27. The highest BCUT2D eigenvalue weighted by Crippen LogP contribution is 2.31. The van der Waals surface area contributed by atoms with Crippen molar-refractivity contribution in [3.63, 3.8) is 0 Å². The number of hydrogen-bond donors (Lipinski definition) is 0. The van der Waals surface area contributed by atoms with Crippen molar-refractivity contribution in [2.75, 3.05) is 7.11 Å². The lowest BCUT2D eigenvalue weighted by Crippen LogP contribution is -1.95. The molecule has 70 valence electrons. The van der Waals surface area contributed by atoms with Gasteiger partial charge in [-0.2, -0.15) is 4.98 Å². The monoisotopic (exact) mass is 266 g/mol. The summed E-state index contributed by atoms with van der Waals surface area (Å²) in [7, 11) is 1.38. The molecule has 0 atom stereocenters. The maximum atomic E-state index is 10.4. The molecule has 0 radical (unpaired) electrons. The first-order chi connectivity index (χ1) is 6.06. The van der Waals surface area contributed by atoms with Crippen LogP contribution in [0.25, 0.3) is 0 Å². The molecule has 1 heterocycles. The summed E-state index contributed by atoms with van der Waals surface area (Å²) in [4.78, 5) is 13.6. The average Bonchev–Trinajstić information content (AvgIpc) is 2.07. The van der Waals surface area contributed by atoms with Crippen molar-refractivity contribution >= 4 is 33.2 Å². The van der Waals surface area contributed by atoms with E-state index in [4.69, 9.17) is 16.3 Å². The van der Waals surface area contributed by atoms with Gasteiger partial charge in [-0.15, -0.1) is 0 Å². The second-order valence-corrected chi connectivity index (χ2v) is 3.20. The van der Waals surface area contributed by atoms with E-state index in [0.29, 0.717) is 0 Å². The zero-order chi connectivity index (χ0) is 10.0. The van der Waals surface area contributed by atoms with E-state index in [2.05, 4.69) is 20.9 Å². The normalized spacial score (nSPS) is 9.77. The first-order valence-electron chi connectivity index (χ1n) is 3.10. The zero-order valence-electron chi connectivity index (χ0n) is 6.45. The van der Waals surface area contributed by atoms with Crippen LogP contribution in [-0.4, -0.2) is 17.0 Å². The molecule has 7 heteroatoms. The van der Waals surface area contributed by atoms with Crippen LogP contribution >= 0.6 is 27.5 Å². The van der Waals surface area contributed by atoms with E-state index in [1.165, 1.54) is 13.2 Å². The summed E-state index contributed by atoms with van der Waals surface area (Å²) in [6.45, 7) is 0. The number of nitrogens with zero attached hydrogens (tertiary/aromatic N) is 2. The van der Waals surface area contributed by atoms with Crippen LogP contribution in [0.4, 0.5) is 5.69 Å². The molecule has 13 heavy (non-hydrogen) atoms. The van der Waals surface area contributed by atoms with Crippen LogP contribution in [0.5, 0.6) is 5.88 Å². The van der Waals surface area contributed by atoms with Crippen LogP contribution in [0.1, 0.15) is 0 Å². The predicted octanol–water partition coefficient (Wildman–Crippen LogP) is 2.41. The highest BCUT2D eigenvalue weighted by Gasteiger charge is 2.17. The standard InChI is InChI=1S/C6H4BrClN2O3/c1-13-6-3(8)2-4(10(11)12)5(7)9-6/h2H,1H3. The fraction of sp³-hybridized carbons (Fsp3) is 0.167. The van der Waals surface area contributed by atoms with Crippen LogP contribution in [-0.2, 0) is 0 Å². The third-order valence-corrected chi connectivity index (χ3v) is 2.12. The lowest BCUT2D eigenvalue weighted by atomic mass is 10.4. The minimum Gasteiger partial charge on any atom is -0.480 e. The summed E-state index contributed by atoms with van der Waals surface area (Å²) in [6.07, 6.45) is 0. The number of nitro groups is 1. The van der Waals surface area contributed by atoms with Crippen LogP contribution in [0.3, 0.4) is 0 Å². The number of ether oxygens (including phenoxy) is 1. The summed E-state index contributed by atoms with van der Waals surface area (Å²) in [5, 5.41) is 10.5. The van der Waals surface area contributed by atoms with Gasteiger partial charge in [0.2, 0.25) is 5.88 Å². The van der Waals surface area contributed by atoms with Gasteiger partial charge in [-0.1, -0.05) is 11.6 Å². The number of rotatable bonds is 2. The second-order valence-electron chi connectivity index (χ2n) is 2.05. The maximum Gasteiger partial charge on any atom is 0.303 e. The molecule has 1 aromatic heterocycles. The molecule has 0 spiro atoms. The number of halogens is 2. The Morgan fingerprint density at radius 2 is 2.38 bits per heavy atom. The Balaban J connectivity index is 3.28.